The molecule has 3 aromatic rings. The van der Waals surface area contributed by atoms with E-state index in [-0.39, 0.29) is 5.91 Å². The molecule has 0 atom stereocenters. The normalized spacial score (nSPS) is 10.9. The van der Waals surface area contributed by atoms with Crippen LogP contribution in [-0.4, -0.2) is 38.4 Å². The summed E-state index contributed by atoms with van der Waals surface area (Å²) >= 11 is 7.39. The molecular weight excluding hydrogens is 404 g/mol. The van der Waals surface area contributed by atoms with Gasteiger partial charge in [-0.05, 0) is 48.7 Å². The summed E-state index contributed by atoms with van der Waals surface area (Å²) in [7, 11) is 1.83. The average molecular weight is 429 g/mol. The fourth-order valence-corrected chi connectivity index (χ4v) is 4.04. The molecule has 0 fully saturated rings. The van der Waals surface area contributed by atoms with Crippen LogP contribution in [0.1, 0.15) is 25.0 Å². The third kappa shape index (κ3) is 5.40. The van der Waals surface area contributed by atoms with Crippen LogP contribution in [0.5, 0.6) is 0 Å². The third-order valence-electron chi connectivity index (χ3n) is 4.74. The second-order valence-corrected chi connectivity index (χ2v) is 8.14. The molecule has 0 unspecified atom stereocenters. The number of benzene rings is 2. The van der Waals surface area contributed by atoms with Gasteiger partial charge in [-0.3, -0.25) is 4.79 Å². The predicted octanol–water partition coefficient (Wildman–Crippen LogP) is 4.93. The number of nitrogens with zero attached hydrogens (tertiary/aromatic N) is 4. The van der Waals surface area contributed by atoms with Gasteiger partial charge in [0.2, 0.25) is 5.91 Å². The molecule has 2 aromatic carbocycles. The Kier molecular flexibility index (Phi) is 7.34. The molecule has 0 saturated carbocycles. The lowest BCUT2D eigenvalue weighted by Gasteiger charge is -2.17. The van der Waals surface area contributed by atoms with Crippen LogP contribution in [0.2, 0.25) is 5.02 Å². The number of amides is 1. The average Bonchev–Trinajstić information content (AvgIpc) is 3.15. The Bertz CT molecular complexity index is 954. The number of hydrogen-bond donors (Lipinski definition) is 0. The van der Waals surface area contributed by atoms with Crippen LogP contribution >= 0.6 is 23.4 Å². The zero-order valence-electron chi connectivity index (χ0n) is 16.9. The largest absolute Gasteiger partial charge is 0.341 e. The van der Waals surface area contributed by atoms with Gasteiger partial charge in [0, 0.05) is 30.7 Å². The molecule has 1 amide bonds. The monoisotopic (exact) mass is 428 g/mol. The molecule has 0 aliphatic rings. The number of rotatable bonds is 8. The summed E-state index contributed by atoms with van der Waals surface area (Å²) in [6, 6.07) is 15.9. The lowest BCUT2D eigenvalue weighted by atomic mass is 10.1. The summed E-state index contributed by atoms with van der Waals surface area (Å²) < 4.78 is 2.02. The van der Waals surface area contributed by atoms with Gasteiger partial charge in [-0.2, -0.15) is 0 Å². The Morgan fingerprint density at radius 3 is 2.31 bits per heavy atom. The van der Waals surface area contributed by atoms with Crippen molar-refractivity contribution in [1.29, 1.82) is 0 Å². The molecule has 0 radical (unpaired) electrons. The summed E-state index contributed by atoms with van der Waals surface area (Å²) in [5.41, 5.74) is 3.38. The van der Waals surface area contributed by atoms with E-state index in [1.807, 2.05) is 42.8 Å². The van der Waals surface area contributed by atoms with E-state index in [4.69, 9.17) is 11.6 Å². The molecule has 7 heteroatoms. The van der Waals surface area contributed by atoms with E-state index >= 15 is 0 Å². The predicted molar refractivity (Wildman–Crippen MR) is 119 cm³/mol. The van der Waals surface area contributed by atoms with Crippen molar-refractivity contribution in [2.75, 3.05) is 12.8 Å². The highest BCUT2D eigenvalue weighted by molar-refractivity contribution is 7.99. The number of carbonyl (C=O) groups excluding carboxylic acids is 1. The summed E-state index contributed by atoms with van der Waals surface area (Å²) in [5, 5.41) is 10.0. The Hall–Kier alpha value is -2.31. The minimum atomic E-state index is 0.0632. The number of thioether (sulfide) groups is 1. The number of aromatic nitrogens is 3. The maximum Gasteiger partial charge on any atom is 0.233 e. The Balaban J connectivity index is 1.62. The molecule has 0 aliphatic heterocycles. The topological polar surface area (TPSA) is 51.0 Å². The molecular formula is C22H25ClN4OS. The number of hydrogen-bond acceptors (Lipinski definition) is 4. The molecule has 1 aromatic heterocycles. The molecule has 0 saturated heterocycles. The Labute approximate surface area is 181 Å². The van der Waals surface area contributed by atoms with Crippen molar-refractivity contribution in [3.8, 4) is 11.4 Å². The molecule has 152 valence electrons. The van der Waals surface area contributed by atoms with E-state index in [0.29, 0.717) is 17.3 Å². The van der Waals surface area contributed by atoms with Crippen LogP contribution in [-0.2, 0) is 24.3 Å². The van der Waals surface area contributed by atoms with Gasteiger partial charge < -0.3 is 9.47 Å². The van der Waals surface area contributed by atoms with Gasteiger partial charge in [-0.1, -0.05) is 54.6 Å². The number of carbonyl (C=O) groups is 1. The smallest absolute Gasteiger partial charge is 0.233 e. The first-order valence-corrected chi connectivity index (χ1v) is 11.0. The van der Waals surface area contributed by atoms with E-state index in [0.717, 1.165) is 35.1 Å². The van der Waals surface area contributed by atoms with E-state index in [1.54, 1.807) is 4.90 Å². The van der Waals surface area contributed by atoms with Gasteiger partial charge in [-0.15, -0.1) is 10.2 Å². The molecule has 3 rings (SSSR count). The van der Waals surface area contributed by atoms with Crippen molar-refractivity contribution < 1.29 is 4.79 Å². The summed E-state index contributed by atoms with van der Waals surface area (Å²) in [4.78, 5) is 14.3. The number of halogens is 1. The van der Waals surface area contributed by atoms with Crippen molar-refractivity contribution in [2.24, 2.45) is 0 Å². The van der Waals surface area contributed by atoms with Gasteiger partial charge in [0.1, 0.15) is 0 Å². The lowest BCUT2D eigenvalue weighted by molar-refractivity contribution is -0.127. The zero-order valence-corrected chi connectivity index (χ0v) is 18.5. The first-order valence-electron chi connectivity index (χ1n) is 9.65. The van der Waals surface area contributed by atoms with E-state index in [2.05, 4.69) is 41.4 Å². The SMILES string of the molecule is CCc1ccc(CN(C)C(=O)CSc2nnc(-c3ccc(Cl)cc3)n2CC)cc1. The summed E-state index contributed by atoms with van der Waals surface area (Å²) in [5.74, 6) is 1.17. The molecule has 0 bridgehead atoms. The highest BCUT2D eigenvalue weighted by atomic mass is 35.5. The zero-order chi connectivity index (χ0) is 20.8. The van der Waals surface area contributed by atoms with Gasteiger partial charge in [0.05, 0.1) is 5.75 Å². The first kappa shape index (κ1) is 21.4. The minimum Gasteiger partial charge on any atom is -0.341 e. The van der Waals surface area contributed by atoms with Crippen LogP contribution < -0.4 is 0 Å². The fourth-order valence-electron chi connectivity index (χ4n) is 2.97. The van der Waals surface area contributed by atoms with Crippen molar-refractivity contribution in [3.63, 3.8) is 0 Å². The fraction of sp³-hybridized carbons (Fsp3) is 0.318. The Morgan fingerprint density at radius 1 is 1.03 bits per heavy atom. The van der Waals surface area contributed by atoms with Gasteiger partial charge in [0.15, 0.2) is 11.0 Å². The van der Waals surface area contributed by atoms with Crippen LogP contribution in [0, 0.1) is 0 Å². The molecule has 0 N–H and O–H groups in total. The Morgan fingerprint density at radius 2 is 1.69 bits per heavy atom. The van der Waals surface area contributed by atoms with E-state index in [9.17, 15) is 4.79 Å². The quantitative estimate of drug-likeness (QED) is 0.477. The minimum absolute atomic E-state index is 0.0632. The van der Waals surface area contributed by atoms with Crippen LogP contribution in [0.25, 0.3) is 11.4 Å². The van der Waals surface area contributed by atoms with E-state index in [1.165, 1.54) is 17.3 Å². The highest BCUT2D eigenvalue weighted by Crippen LogP contribution is 2.25. The van der Waals surface area contributed by atoms with Crippen LogP contribution in [0.3, 0.4) is 0 Å². The molecule has 5 nitrogen and oxygen atoms in total. The van der Waals surface area contributed by atoms with Crippen molar-refractivity contribution in [2.45, 2.75) is 38.5 Å². The van der Waals surface area contributed by atoms with Crippen molar-refractivity contribution in [3.05, 3.63) is 64.7 Å². The highest BCUT2D eigenvalue weighted by Gasteiger charge is 2.16. The summed E-state index contributed by atoms with van der Waals surface area (Å²) in [6.07, 6.45) is 1.02. The standard InChI is InChI=1S/C22H25ClN4OS/c1-4-16-6-8-17(9-7-16)14-26(3)20(28)15-29-22-25-24-21(27(22)5-2)18-10-12-19(23)13-11-18/h6-13H,4-5,14-15H2,1-3H3. The van der Waals surface area contributed by atoms with Gasteiger partial charge in [0.25, 0.3) is 0 Å². The molecule has 0 spiro atoms. The molecule has 0 aliphatic carbocycles. The third-order valence-corrected chi connectivity index (χ3v) is 5.94. The van der Waals surface area contributed by atoms with Crippen LogP contribution in [0.15, 0.2) is 53.7 Å². The lowest BCUT2D eigenvalue weighted by Crippen LogP contribution is -2.27. The molecule has 29 heavy (non-hydrogen) atoms. The van der Waals surface area contributed by atoms with Crippen molar-refractivity contribution in [1.82, 2.24) is 19.7 Å². The summed E-state index contributed by atoms with van der Waals surface area (Å²) in [6.45, 7) is 5.50. The first-order chi connectivity index (χ1) is 14.0. The second-order valence-electron chi connectivity index (χ2n) is 6.77. The molecule has 1 heterocycles. The van der Waals surface area contributed by atoms with E-state index < -0.39 is 0 Å². The maximum absolute atomic E-state index is 12.6. The maximum atomic E-state index is 12.6. The van der Waals surface area contributed by atoms with Crippen LogP contribution in [0.4, 0.5) is 0 Å². The number of aryl methyl sites for hydroxylation is 1. The second kappa shape index (κ2) is 9.94. The van der Waals surface area contributed by atoms with Gasteiger partial charge >= 0.3 is 0 Å². The van der Waals surface area contributed by atoms with Gasteiger partial charge in [-0.25, -0.2) is 0 Å². The van der Waals surface area contributed by atoms with Crippen molar-refractivity contribution >= 4 is 29.3 Å².